The van der Waals surface area contributed by atoms with E-state index >= 15 is 0 Å². The second-order valence-electron chi connectivity index (χ2n) is 3.12. The van der Waals surface area contributed by atoms with Gasteiger partial charge in [0.1, 0.15) is 6.54 Å². The Kier molecular flexibility index (Phi) is 3.07. The molecule has 0 amide bonds. The monoisotopic (exact) mass is 180 g/mol. The Bertz CT molecular complexity index is 342. The van der Waals surface area contributed by atoms with Gasteiger partial charge in [0.2, 0.25) is 0 Å². The summed E-state index contributed by atoms with van der Waals surface area (Å²) in [5.41, 5.74) is 0.628. The molecule has 1 heterocycles. The fourth-order valence-electron chi connectivity index (χ4n) is 1.23. The third-order valence-electron chi connectivity index (χ3n) is 1.79. The zero-order valence-corrected chi connectivity index (χ0v) is 8.13. The molecular weight excluding hydrogens is 167 g/mol. The Morgan fingerprint density at radius 3 is 2.85 bits per heavy atom. The van der Waals surface area contributed by atoms with E-state index in [0.29, 0.717) is 12.2 Å². The molecule has 70 valence electrons. The van der Waals surface area contributed by atoms with Gasteiger partial charge in [-0.15, -0.1) is 5.92 Å². The van der Waals surface area contributed by atoms with E-state index in [1.165, 1.54) is 6.20 Å². The average Bonchev–Trinajstić information content (AvgIpc) is 2.43. The van der Waals surface area contributed by atoms with Crippen molar-refractivity contribution in [3.8, 4) is 11.8 Å². The Labute approximate surface area is 77.8 Å². The predicted molar refractivity (Wildman–Crippen MR) is 49.7 cm³/mol. The van der Waals surface area contributed by atoms with E-state index in [1.807, 2.05) is 13.8 Å². The summed E-state index contributed by atoms with van der Waals surface area (Å²) in [7, 11) is 0. The van der Waals surface area contributed by atoms with Crippen molar-refractivity contribution in [1.82, 2.24) is 9.78 Å². The van der Waals surface area contributed by atoms with Crippen molar-refractivity contribution in [3.63, 3.8) is 0 Å². The largest absolute Gasteiger partial charge is 0.254 e. The summed E-state index contributed by atoms with van der Waals surface area (Å²) in [5.74, 6) is 5.51. The molecule has 0 saturated carbocycles. The van der Waals surface area contributed by atoms with Crippen molar-refractivity contribution < 1.29 is 4.39 Å². The third-order valence-corrected chi connectivity index (χ3v) is 1.79. The molecule has 0 N–H and O–H groups in total. The molecule has 0 aliphatic heterocycles. The summed E-state index contributed by atoms with van der Waals surface area (Å²) >= 11 is 0. The van der Waals surface area contributed by atoms with Crippen LogP contribution in [0.5, 0.6) is 0 Å². The first-order valence-electron chi connectivity index (χ1n) is 4.27. The molecule has 1 rings (SSSR count). The topological polar surface area (TPSA) is 17.8 Å². The van der Waals surface area contributed by atoms with E-state index in [1.54, 1.807) is 11.6 Å². The van der Waals surface area contributed by atoms with E-state index < -0.39 is 0 Å². The van der Waals surface area contributed by atoms with Gasteiger partial charge in [0.15, 0.2) is 5.82 Å². The molecule has 0 radical (unpaired) electrons. The summed E-state index contributed by atoms with van der Waals surface area (Å²) in [6.07, 6.45) is 1.24. The highest BCUT2D eigenvalue weighted by molar-refractivity contribution is 5.10. The first-order valence-corrected chi connectivity index (χ1v) is 4.27. The maximum atomic E-state index is 13.2. The highest BCUT2D eigenvalue weighted by Gasteiger charge is 2.12. The van der Waals surface area contributed by atoms with Gasteiger partial charge in [-0.05, 0) is 12.8 Å². The van der Waals surface area contributed by atoms with Gasteiger partial charge in [-0.25, -0.2) is 4.39 Å². The molecule has 1 aromatic rings. The van der Waals surface area contributed by atoms with Crippen molar-refractivity contribution in [2.24, 2.45) is 0 Å². The van der Waals surface area contributed by atoms with E-state index in [2.05, 4.69) is 16.9 Å². The number of nitrogens with zero attached hydrogens (tertiary/aromatic N) is 2. The van der Waals surface area contributed by atoms with Crippen molar-refractivity contribution in [2.75, 3.05) is 0 Å². The number of aromatic nitrogens is 2. The van der Waals surface area contributed by atoms with E-state index in [0.717, 1.165) is 0 Å². The molecule has 0 saturated heterocycles. The lowest BCUT2D eigenvalue weighted by Crippen LogP contribution is -2.06. The van der Waals surface area contributed by atoms with Gasteiger partial charge < -0.3 is 0 Å². The molecule has 0 aromatic carbocycles. The molecule has 2 nitrogen and oxygen atoms in total. The fraction of sp³-hybridized carbons (Fsp3) is 0.500. The van der Waals surface area contributed by atoms with Crippen LogP contribution in [-0.2, 0) is 6.54 Å². The summed E-state index contributed by atoms with van der Waals surface area (Å²) in [6, 6.07) is 0. The molecule has 0 spiro atoms. The molecule has 1 aromatic heterocycles. The van der Waals surface area contributed by atoms with Crippen molar-refractivity contribution >= 4 is 0 Å². The minimum absolute atomic E-state index is 0.140. The van der Waals surface area contributed by atoms with Gasteiger partial charge in [-0.2, -0.15) is 5.10 Å². The lowest BCUT2D eigenvalue weighted by molar-refractivity contribution is 0.567. The standard InChI is InChI=1S/C10H13FN2/c1-4-5-6-13-10(8(2)3)9(11)7-12-13/h7-8H,6H2,1-3H3. The molecule has 0 aliphatic carbocycles. The number of hydrogen-bond acceptors (Lipinski definition) is 1. The van der Waals surface area contributed by atoms with Crippen molar-refractivity contribution in [2.45, 2.75) is 33.2 Å². The number of hydrogen-bond donors (Lipinski definition) is 0. The zero-order chi connectivity index (χ0) is 9.84. The second-order valence-corrected chi connectivity index (χ2v) is 3.12. The van der Waals surface area contributed by atoms with Crippen LogP contribution >= 0.6 is 0 Å². The van der Waals surface area contributed by atoms with Crippen LogP contribution in [-0.4, -0.2) is 9.78 Å². The first kappa shape index (κ1) is 9.79. The Hall–Kier alpha value is -1.30. The zero-order valence-electron chi connectivity index (χ0n) is 8.13. The van der Waals surface area contributed by atoms with Crippen LogP contribution < -0.4 is 0 Å². The minimum atomic E-state index is -0.243. The summed E-state index contributed by atoms with van der Waals surface area (Å²) in [4.78, 5) is 0. The SMILES string of the molecule is CC#CCn1ncc(F)c1C(C)C. The van der Waals surface area contributed by atoms with Crippen LogP contribution in [0.3, 0.4) is 0 Å². The lowest BCUT2D eigenvalue weighted by atomic mass is 10.1. The number of halogens is 1. The predicted octanol–water partition coefficient (Wildman–Crippen LogP) is 2.17. The summed E-state index contributed by atoms with van der Waals surface area (Å²) in [5, 5.41) is 3.91. The first-order chi connectivity index (χ1) is 6.16. The molecule has 0 aliphatic rings. The highest BCUT2D eigenvalue weighted by Crippen LogP contribution is 2.17. The van der Waals surface area contributed by atoms with Crippen molar-refractivity contribution in [1.29, 1.82) is 0 Å². The van der Waals surface area contributed by atoms with Crippen LogP contribution in [0.25, 0.3) is 0 Å². The molecule has 13 heavy (non-hydrogen) atoms. The second kappa shape index (κ2) is 4.08. The number of rotatable bonds is 2. The molecule has 0 atom stereocenters. The smallest absolute Gasteiger partial charge is 0.164 e. The van der Waals surface area contributed by atoms with E-state index in [4.69, 9.17) is 0 Å². The molecule has 0 unspecified atom stereocenters. The quantitative estimate of drug-likeness (QED) is 0.638. The molecule has 0 fully saturated rings. The van der Waals surface area contributed by atoms with Crippen LogP contribution in [0.4, 0.5) is 4.39 Å². The van der Waals surface area contributed by atoms with Gasteiger partial charge in [-0.3, -0.25) is 4.68 Å². The van der Waals surface area contributed by atoms with Gasteiger partial charge in [-0.1, -0.05) is 19.8 Å². The molecule has 3 heteroatoms. The lowest BCUT2D eigenvalue weighted by Gasteiger charge is -2.06. The van der Waals surface area contributed by atoms with Crippen LogP contribution in [0.15, 0.2) is 6.20 Å². The van der Waals surface area contributed by atoms with Crippen LogP contribution in [0, 0.1) is 17.7 Å². The maximum Gasteiger partial charge on any atom is 0.164 e. The van der Waals surface area contributed by atoms with Gasteiger partial charge in [0, 0.05) is 0 Å². The van der Waals surface area contributed by atoms with Crippen LogP contribution in [0.2, 0.25) is 0 Å². The third kappa shape index (κ3) is 2.09. The minimum Gasteiger partial charge on any atom is -0.254 e. The normalized spacial score (nSPS) is 9.92. The van der Waals surface area contributed by atoms with Gasteiger partial charge >= 0.3 is 0 Å². The fourth-order valence-corrected chi connectivity index (χ4v) is 1.23. The Morgan fingerprint density at radius 2 is 2.31 bits per heavy atom. The molecular formula is C10H13FN2. The average molecular weight is 180 g/mol. The van der Waals surface area contributed by atoms with E-state index in [9.17, 15) is 4.39 Å². The maximum absolute atomic E-state index is 13.2. The Morgan fingerprint density at radius 1 is 1.62 bits per heavy atom. The van der Waals surface area contributed by atoms with Crippen molar-refractivity contribution in [3.05, 3.63) is 17.7 Å². The van der Waals surface area contributed by atoms with Gasteiger partial charge in [0.25, 0.3) is 0 Å². The Balaban J connectivity index is 2.98. The van der Waals surface area contributed by atoms with Gasteiger partial charge in [0.05, 0.1) is 11.9 Å². The highest BCUT2D eigenvalue weighted by atomic mass is 19.1. The summed E-state index contributed by atoms with van der Waals surface area (Å²) in [6.45, 7) is 6.11. The van der Waals surface area contributed by atoms with E-state index in [-0.39, 0.29) is 11.7 Å². The summed E-state index contributed by atoms with van der Waals surface area (Å²) < 4.78 is 14.8. The molecule has 0 bridgehead atoms. The van der Waals surface area contributed by atoms with Crippen LogP contribution in [0.1, 0.15) is 32.4 Å².